The SMILES string of the molecule is CCCCNC1=Nc2cccc(Cl)c2C(C)N1. The summed E-state index contributed by atoms with van der Waals surface area (Å²) in [6.07, 6.45) is 2.33. The zero-order valence-corrected chi connectivity index (χ0v) is 11.0. The van der Waals surface area contributed by atoms with Crippen LogP contribution in [-0.2, 0) is 0 Å². The molecule has 3 nitrogen and oxygen atoms in total. The van der Waals surface area contributed by atoms with Gasteiger partial charge in [0.15, 0.2) is 5.96 Å². The van der Waals surface area contributed by atoms with Crippen molar-refractivity contribution in [3.8, 4) is 0 Å². The number of hydrogen-bond acceptors (Lipinski definition) is 3. The second-order valence-corrected chi connectivity index (χ2v) is 4.69. The molecule has 0 amide bonds. The first-order chi connectivity index (χ1) is 8.22. The van der Waals surface area contributed by atoms with Crippen molar-refractivity contribution in [1.29, 1.82) is 0 Å². The van der Waals surface area contributed by atoms with Gasteiger partial charge in [-0.05, 0) is 25.5 Å². The molecule has 0 bridgehead atoms. The third-order valence-electron chi connectivity index (χ3n) is 2.87. The first-order valence-corrected chi connectivity index (χ1v) is 6.47. The third-order valence-corrected chi connectivity index (χ3v) is 3.20. The molecular formula is C13H18ClN3. The number of hydrogen-bond donors (Lipinski definition) is 2. The Hall–Kier alpha value is -1.22. The van der Waals surface area contributed by atoms with Crippen LogP contribution in [0.15, 0.2) is 23.2 Å². The average molecular weight is 252 g/mol. The normalized spacial score (nSPS) is 18.1. The van der Waals surface area contributed by atoms with Crippen LogP contribution < -0.4 is 10.6 Å². The molecule has 0 aliphatic carbocycles. The Bertz CT molecular complexity index is 429. The molecule has 2 N–H and O–H groups in total. The molecule has 1 aliphatic rings. The molecule has 0 radical (unpaired) electrons. The van der Waals surface area contributed by atoms with Gasteiger partial charge >= 0.3 is 0 Å². The summed E-state index contributed by atoms with van der Waals surface area (Å²) in [5.74, 6) is 0.848. The zero-order valence-electron chi connectivity index (χ0n) is 10.3. The topological polar surface area (TPSA) is 36.4 Å². The molecule has 0 saturated carbocycles. The third kappa shape index (κ3) is 2.72. The summed E-state index contributed by atoms with van der Waals surface area (Å²) in [6, 6.07) is 6.04. The molecule has 1 aromatic rings. The maximum atomic E-state index is 6.18. The maximum Gasteiger partial charge on any atom is 0.196 e. The molecule has 1 aromatic carbocycles. The minimum atomic E-state index is 0.195. The lowest BCUT2D eigenvalue weighted by Crippen LogP contribution is -2.40. The van der Waals surface area contributed by atoms with Crippen LogP contribution in [0.1, 0.15) is 38.3 Å². The fourth-order valence-corrected chi connectivity index (χ4v) is 2.29. The van der Waals surface area contributed by atoms with E-state index >= 15 is 0 Å². The largest absolute Gasteiger partial charge is 0.356 e. The van der Waals surface area contributed by atoms with E-state index in [1.807, 2.05) is 18.2 Å². The molecule has 2 rings (SSSR count). The van der Waals surface area contributed by atoms with E-state index in [4.69, 9.17) is 11.6 Å². The fraction of sp³-hybridized carbons (Fsp3) is 0.462. The van der Waals surface area contributed by atoms with Crippen LogP contribution >= 0.6 is 11.6 Å². The van der Waals surface area contributed by atoms with E-state index in [0.717, 1.165) is 35.2 Å². The van der Waals surface area contributed by atoms with E-state index in [-0.39, 0.29) is 6.04 Å². The Morgan fingerprint density at radius 2 is 2.29 bits per heavy atom. The van der Waals surface area contributed by atoms with Crippen LogP contribution in [0.3, 0.4) is 0 Å². The molecule has 1 unspecified atom stereocenters. The Kier molecular flexibility index (Phi) is 3.89. The summed E-state index contributed by atoms with van der Waals surface area (Å²) in [4.78, 5) is 4.54. The Labute approximate surface area is 107 Å². The minimum absolute atomic E-state index is 0.195. The lowest BCUT2D eigenvalue weighted by atomic mass is 10.1. The van der Waals surface area contributed by atoms with Crippen LogP contribution in [0.5, 0.6) is 0 Å². The van der Waals surface area contributed by atoms with Crippen molar-refractivity contribution < 1.29 is 0 Å². The second kappa shape index (κ2) is 5.41. The standard InChI is InChI=1S/C13H18ClN3/c1-3-4-8-15-13-16-9(2)12-10(14)6-5-7-11(12)17-13/h5-7,9H,3-4,8H2,1-2H3,(H2,15,16,17). The highest BCUT2D eigenvalue weighted by Gasteiger charge is 2.20. The van der Waals surface area contributed by atoms with Crippen molar-refractivity contribution in [2.75, 3.05) is 6.54 Å². The van der Waals surface area contributed by atoms with Crippen molar-refractivity contribution in [2.45, 2.75) is 32.7 Å². The number of benzene rings is 1. The molecule has 1 atom stereocenters. The monoisotopic (exact) mass is 251 g/mol. The quantitative estimate of drug-likeness (QED) is 0.808. The fourth-order valence-electron chi connectivity index (χ4n) is 1.96. The Morgan fingerprint density at radius 1 is 1.47 bits per heavy atom. The summed E-state index contributed by atoms with van der Waals surface area (Å²) in [5, 5.41) is 7.41. The zero-order chi connectivity index (χ0) is 12.3. The highest BCUT2D eigenvalue weighted by Crippen LogP contribution is 2.34. The number of fused-ring (bicyclic) bond motifs is 1. The molecule has 1 heterocycles. The van der Waals surface area contributed by atoms with Crippen molar-refractivity contribution in [3.63, 3.8) is 0 Å². The predicted molar refractivity (Wildman–Crippen MR) is 73.0 cm³/mol. The summed E-state index contributed by atoms with van der Waals surface area (Å²) in [7, 11) is 0. The van der Waals surface area contributed by atoms with Gasteiger partial charge in [-0.2, -0.15) is 0 Å². The predicted octanol–water partition coefficient (Wildman–Crippen LogP) is 3.38. The lowest BCUT2D eigenvalue weighted by Gasteiger charge is -2.25. The number of halogens is 1. The van der Waals surface area contributed by atoms with E-state index in [0.29, 0.717) is 0 Å². The van der Waals surface area contributed by atoms with Gasteiger partial charge in [-0.1, -0.05) is 31.0 Å². The first-order valence-electron chi connectivity index (χ1n) is 6.10. The van der Waals surface area contributed by atoms with Gasteiger partial charge in [-0.15, -0.1) is 0 Å². The van der Waals surface area contributed by atoms with E-state index in [1.54, 1.807) is 0 Å². The van der Waals surface area contributed by atoms with E-state index in [9.17, 15) is 0 Å². The van der Waals surface area contributed by atoms with Crippen molar-refractivity contribution in [2.24, 2.45) is 4.99 Å². The summed E-state index contributed by atoms with van der Waals surface area (Å²) in [5.41, 5.74) is 2.04. The molecule has 92 valence electrons. The second-order valence-electron chi connectivity index (χ2n) is 4.28. The number of aliphatic imine (C=N–C) groups is 1. The molecule has 0 aromatic heterocycles. The number of guanidine groups is 1. The van der Waals surface area contributed by atoms with Crippen LogP contribution in [0, 0.1) is 0 Å². The minimum Gasteiger partial charge on any atom is -0.356 e. The van der Waals surface area contributed by atoms with E-state index in [2.05, 4.69) is 29.5 Å². The van der Waals surface area contributed by atoms with Crippen molar-refractivity contribution >= 4 is 23.2 Å². The Balaban J connectivity index is 2.18. The highest BCUT2D eigenvalue weighted by molar-refractivity contribution is 6.31. The van der Waals surface area contributed by atoms with Gasteiger partial charge in [0.05, 0.1) is 11.7 Å². The number of unbranched alkanes of at least 4 members (excludes halogenated alkanes) is 1. The number of rotatable bonds is 3. The highest BCUT2D eigenvalue weighted by atomic mass is 35.5. The van der Waals surface area contributed by atoms with Gasteiger partial charge in [-0.3, -0.25) is 0 Å². The van der Waals surface area contributed by atoms with Crippen molar-refractivity contribution in [3.05, 3.63) is 28.8 Å². The molecular weight excluding hydrogens is 234 g/mol. The number of nitrogens with zero attached hydrogens (tertiary/aromatic N) is 1. The van der Waals surface area contributed by atoms with Gasteiger partial charge in [0.2, 0.25) is 0 Å². The lowest BCUT2D eigenvalue weighted by molar-refractivity contribution is 0.661. The van der Waals surface area contributed by atoms with Gasteiger partial charge in [-0.25, -0.2) is 4.99 Å². The van der Waals surface area contributed by atoms with Gasteiger partial charge < -0.3 is 10.6 Å². The summed E-state index contributed by atoms with van der Waals surface area (Å²) < 4.78 is 0. The summed E-state index contributed by atoms with van der Waals surface area (Å²) >= 11 is 6.18. The first kappa shape index (κ1) is 12.2. The molecule has 1 aliphatic heterocycles. The van der Waals surface area contributed by atoms with Gasteiger partial charge in [0.1, 0.15) is 0 Å². The maximum absolute atomic E-state index is 6.18. The van der Waals surface area contributed by atoms with E-state index in [1.165, 1.54) is 6.42 Å². The van der Waals surface area contributed by atoms with Crippen LogP contribution in [0.25, 0.3) is 0 Å². The van der Waals surface area contributed by atoms with Crippen LogP contribution in [0.4, 0.5) is 5.69 Å². The van der Waals surface area contributed by atoms with E-state index < -0.39 is 0 Å². The molecule has 17 heavy (non-hydrogen) atoms. The van der Waals surface area contributed by atoms with Crippen LogP contribution in [0.2, 0.25) is 5.02 Å². The van der Waals surface area contributed by atoms with Gasteiger partial charge in [0.25, 0.3) is 0 Å². The molecule has 4 heteroatoms. The molecule has 0 fully saturated rings. The number of nitrogens with one attached hydrogen (secondary N) is 2. The average Bonchev–Trinajstić information content (AvgIpc) is 2.29. The van der Waals surface area contributed by atoms with Crippen molar-refractivity contribution in [1.82, 2.24) is 10.6 Å². The Morgan fingerprint density at radius 3 is 3.06 bits per heavy atom. The summed E-state index contributed by atoms with van der Waals surface area (Å²) in [6.45, 7) is 5.22. The smallest absolute Gasteiger partial charge is 0.196 e. The molecule has 0 spiro atoms. The van der Waals surface area contributed by atoms with Crippen LogP contribution in [-0.4, -0.2) is 12.5 Å². The van der Waals surface area contributed by atoms with Gasteiger partial charge in [0, 0.05) is 17.1 Å². The molecule has 0 saturated heterocycles.